The highest BCUT2D eigenvalue weighted by Gasteiger charge is 2.11. The molecule has 1 aromatic rings. The molecule has 0 radical (unpaired) electrons. The van der Waals surface area contributed by atoms with Crippen LogP contribution in [0.15, 0.2) is 24.5 Å². The van der Waals surface area contributed by atoms with E-state index in [0.717, 1.165) is 32.8 Å². The summed E-state index contributed by atoms with van der Waals surface area (Å²) in [6.07, 6.45) is 3.74. The zero-order valence-electron chi connectivity index (χ0n) is 10.8. The van der Waals surface area contributed by atoms with Gasteiger partial charge in [-0.2, -0.15) is 0 Å². The predicted molar refractivity (Wildman–Crippen MR) is 67.2 cm³/mol. The molecule has 18 heavy (non-hydrogen) atoms. The fraction of sp³-hybridized carbons (Fsp3) is 0.538. The molecule has 1 aromatic heterocycles. The molecule has 1 fully saturated rings. The van der Waals surface area contributed by atoms with Gasteiger partial charge < -0.3 is 10.1 Å². The zero-order valence-corrected chi connectivity index (χ0v) is 10.8. The van der Waals surface area contributed by atoms with Crippen molar-refractivity contribution in [3.05, 3.63) is 30.1 Å². The Balaban J connectivity index is 1.72. The van der Waals surface area contributed by atoms with Gasteiger partial charge in [-0.05, 0) is 0 Å². The van der Waals surface area contributed by atoms with Gasteiger partial charge in [-0.3, -0.25) is 9.69 Å². The van der Waals surface area contributed by atoms with Gasteiger partial charge >= 0.3 is 0 Å². The Hall–Kier alpha value is -1.46. The second kappa shape index (κ2) is 6.47. The van der Waals surface area contributed by atoms with Gasteiger partial charge in [-0.15, -0.1) is 0 Å². The molecule has 5 nitrogen and oxygen atoms in total. The summed E-state index contributed by atoms with van der Waals surface area (Å²) < 4.78 is 7.18. The maximum Gasteiger partial charge on any atom is 0.251 e. The molecule has 1 N–H and O–H groups in total. The third kappa shape index (κ3) is 3.78. The molecule has 0 bridgehead atoms. The highest BCUT2D eigenvalue weighted by atomic mass is 16.5. The van der Waals surface area contributed by atoms with Gasteiger partial charge in [0.2, 0.25) is 0 Å². The average Bonchev–Trinajstić information content (AvgIpc) is 2.40. The lowest BCUT2D eigenvalue weighted by Crippen LogP contribution is -2.41. The van der Waals surface area contributed by atoms with Gasteiger partial charge in [-0.1, -0.05) is 0 Å². The van der Waals surface area contributed by atoms with Crippen molar-refractivity contribution in [2.24, 2.45) is 7.05 Å². The molecule has 2 rings (SSSR count). The molecule has 2 heterocycles. The van der Waals surface area contributed by atoms with Crippen LogP contribution in [0.5, 0.6) is 0 Å². The lowest BCUT2D eigenvalue weighted by atomic mass is 10.2. The number of nitrogens with one attached hydrogen (secondary N) is 1. The van der Waals surface area contributed by atoms with Crippen LogP contribution in [0.25, 0.3) is 0 Å². The molecule has 0 saturated carbocycles. The number of hydrogen-bond donors (Lipinski definition) is 1. The number of aryl methyl sites for hydroxylation is 1. The standard InChI is InChI=1S/C13H19N3O2/c1-15-5-2-12(3-6-15)13(17)14-4-7-16-8-10-18-11-9-16/h2-3,5-6H,4,7-11H2,1H3/p+1. The van der Waals surface area contributed by atoms with E-state index in [9.17, 15) is 4.79 Å². The molecule has 1 saturated heterocycles. The molecule has 0 atom stereocenters. The van der Waals surface area contributed by atoms with Crippen LogP contribution in [0, 0.1) is 0 Å². The largest absolute Gasteiger partial charge is 0.379 e. The van der Waals surface area contributed by atoms with Gasteiger partial charge in [0.25, 0.3) is 5.91 Å². The molecule has 1 amide bonds. The molecule has 5 heteroatoms. The monoisotopic (exact) mass is 250 g/mol. The van der Waals surface area contributed by atoms with Gasteiger partial charge in [-0.25, -0.2) is 4.57 Å². The van der Waals surface area contributed by atoms with E-state index in [1.54, 1.807) is 0 Å². The van der Waals surface area contributed by atoms with Gasteiger partial charge in [0, 0.05) is 38.3 Å². The van der Waals surface area contributed by atoms with E-state index in [2.05, 4.69) is 10.2 Å². The average molecular weight is 250 g/mol. The molecule has 1 aliphatic heterocycles. The predicted octanol–water partition coefficient (Wildman–Crippen LogP) is -0.427. The Morgan fingerprint density at radius 1 is 1.39 bits per heavy atom. The summed E-state index contributed by atoms with van der Waals surface area (Å²) in [5.41, 5.74) is 0.704. The van der Waals surface area contributed by atoms with Crippen LogP contribution in [0.2, 0.25) is 0 Å². The minimum atomic E-state index is -0.0103. The van der Waals surface area contributed by atoms with Crippen molar-refractivity contribution >= 4 is 5.91 Å². The van der Waals surface area contributed by atoms with Crippen molar-refractivity contribution < 1.29 is 14.1 Å². The first-order chi connectivity index (χ1) is 8.75. The van der Waals surface area contributed by atoms with Crippen LogP contribution in [0.4, 0.5) is 0 Å². The number of hydrogen-bond acceptors (Lipinski definition) is 3. The minimum Gasteiger partial charge on any atom is -0.379 e. The fourth-order valence-electron chi connectivity index (χ4n) is 1.91. The summed E-state index contributed by atoms with van der Waals surface area (Å²) in [7, 11) is 1.93. The second-order valence-electron chi connectivity index (χ2n) is 4.46. The lowest BCUT2D eigenvalue weighted by Gasteiger charge is -2.26. The molecule has 0 aliphatic carbocycles. The van der Waals surface area contributed by atoms with Crippen molar-refractivity contribution in [1.82, 2.24) is 10.2 Å². The van der Waals surface area contributed by atoms with E-state index in [-0.39, 0.29) is 5.91 Å². The van der Waals surface area contributed by atoms with Crippen molar-refractivity contribution in [3.8, 4) is 0 Å². The van der Waals surface area contributed by atoms with Gasteiger partial charge in [0.15, 0.2) is 12.4 Å². The Morgan fingerprint density at radius 3 is 2.72 bits per heavy atom. The fourth-order valence-corrected chi connectivity index (χ4v) is 1.91. The molecule has 0 unspecified atom stereocenters. The summed E-state index contributed by atoms with van der Waals surface area (Å²) in [5.74, 6) is -0.0103. The number of carbonyl (C=O) groups is 1. The Morgan fingerprint density at radius 2 is 2.06 bits per heavy atom. The van der Waals surface area contributed by atoms with E-state index in [1.165, 1.54) is 0 Å². The van der Waals surface area contributed by atoms with E-state index >= 15 is 0 Å². The summed E-state index contributed by atoms with van der Waals surface area (Å²) in [5, 5.41) is 2.94. The SMILES string of the molecule is C[n+]1ccc(C(=O)NCCN2CCOCC2)cc1. The van der Waals surface area contributed by atoms with E-state index in [1.807, 2.05) is 36.1 Å². The smallest absolute Gasteiger partial charge is 0.251 e. The van der Waals surface area contributed by atoms with Crippen LogP contribution in [-0.2, 0) is 11.8 Å². The van der Waals surface area contributed by atoms with Crippen LogP contribution >= 0.6 is 0 Å². The van der Waals surface area contributed by atoms with Crippen molar-refractivity contribution in [1.29, 1.82) is 0 Å². The van der Waals surface area contributed by atoms with E-state index in [4.69, 9.17) is 4.74 Å². The normalized spacial score (nSPS) is 16.5. The number of ether oxygens (including phenoxy) is 1. The van der Waals surface area contributed by atoms with E-state index < -0.39 is 0 Å². The first-order valence-corrected chi connectivity index (χ1v) is 6.29. The van der Waals surface area contributed by atoms with Crippen molar-refractivity contribution in [2.45, 2.75) is 0 Å². The van der Waals surface area contributed by atoms with Crippen LogP contribution in [0.1, 0.15) is 10.4 Å². The number of carbonyl (C=O) groups excluding carboxylic acids is 1. The first-order valence-electron chi connectivity index (χ1n) is 6.29. The summed E-state index contributed by atoms with van der Waals surface area (Å²) in [6.45, 7) is 5.07. The molecule has 1 aliphatic rings. The topological polar surface area (TPSA) is 45.5 Å². The summed E-state index contributed by atoms with van der Waals surface area (Å²) in [4.78, 5) is 14.1. The summed E-state index contributed by atoms with van der Waals surface area (Å²) >= 11 is 0. The molecule has 0 spiro atoms. The van der Waals surface area contributed by atoms with Crippen molar-refractivity contribution in [2.75, 3.05) is 39.4 Å². The number of nitrogens with zero attached hydrogens (tertiary/aromatic N) is 2. The maximum absolute atomic E-state index is 11.8. The van der Waals surface area contributed by atoms with Gasteiger partial charge in [0.05, 0.1) is 18.8 Å². The van der Waals surface area contributed by atoms with Crippen LogP contribution < -0.4 is 9.88 Å². The molecular formula is C13H20N3O2+. The highest BCUT2D eigenvalue weighted by Crippen LogP contribution is 1.96. The molecule has 0 aromatic carbocycles. The summed E-state index contributed by atoms with van der Waals surface area (Å²) in [6, 6.07) is 3.65. The zero-order chi connectivity index (χ0) is 12.8. The Labute approximate surface area is 107 Å². The second-order valence-corrected chi connectivity index (χ2v) is 4.46. The number of rotatable bonds is 4. The van der Waals surface area contributed by atoms with E-state index in [0.29, 0.717) is 12.1 Å². The lowest BCUT2D eigenvalue weighted by molar-refractivity contribution is -0.671. The van der Waals surface area contributed by atoms with Gasteiger partial charge in [0.1, 0.15) is 7.05 Å². The Kier molecular flexibility index (Phi) is 4.66. The molecule has 98 valence electrons. The third-order valence-corrected chi connectivity index (χ3v) is 3.06. The number of pyridine rings is 1. The van der Waals surface area contributed by atoms with Crippen LogP contribution in [0.3, 0.4) is 0 Å². The van der Waals surface area contributed by atoms with Crippen LogP contribution in [-0.4, -0.2) is 50.2 Å². The number of morpholine rings is 1. The van der Waals surface area contributed by atoms with Crippen molar-refractivity contribution in [3.63, 3.8) is 0 Å². The molecular weight excluding hydrogens is 230 g/mol. The maximum atomic E-state index is 11.8. The Bertz CT molecular complexity index is 386. The minimum absolute atomic E-state index is 0.0103. The first kappa shape index (κ1) is 13.0. The number of amides is 1. The number of aromatic nitrogens is 1. The highest BCUT2D eigenvalue weighted by molar-refractivity contribution is 5.93. The quantitative estimate of drug-likeness (QED) is 0.738. The third-order valence-electron chi connectivity index (χ3n) is 3.06.